The Bertz CT molecular complexity index is 1210. The number of methoxy groups -OCH3 is 1. The molecule has 7 nitrogen and oxygen atoms in total. The van der Waals surface area contributed by atoms with Gasteiger partial charge in [-0.05, 0) is 47.5 Å². The molecule has 0 aliphatic rings. The van der Waals surface area contributed by atoms with E-state index in [0.717, 1.165) is 16.8 Å². The summed E-state index contributed by atoms with van der Waals surface area (Å²) >= 11 is 5.93. The zero-order valence-electron chi connectivity index (χ0n) is 18.1. The van der Waals surface area contributed by atoms with E-state index in [-0.39, 0.29) is 12.5 Å². The van der Waals surface area contributed by atoms with Crippen LogP contribution in [0.15, 0.2) is 79.0 Å². The van der Waals surface area contributed by atoms with E-state index < -0.39 is 0 Å². The van der Waals surface area contributed by atoms with Crippen molar-refractivity contribution in [2.45, 2.75) is 19.6 Å². The van der Waals surface area contributed by atoms with E-state index in [1.807, 2.05) is 60.7 Å². The number of hydrogen-bond donors (Lipinski definition) is 1. The standard InChI is InChI=1S/C25H23ClN4O3/c1-32-24-13-19(15-27-25(31)14-18-5-3-2-4-6-18)7-12-23(24)33-17-21-16-30(29-28-21)22-10-8-20(26)9-11-22/h2-13,16H,14-15,17H2,1H3,(H,27,31). The molecule has 0 atom stereocenters. The first kappa shape index (κ1) is 22.4. The summed E-state index contributed by atoms with van der Waals surface area (Å²) in [6.45, 7) is 0.634. The number of halogens is 1. The molecule has 0 unspecified atom stereocenters. The Labute approximate surface area is 196 Å². The normalized spacial score (nSPS) is 10.6. The highest BCUT2D eigenvalue weighted by Gasteiger charge is 2.10. The van der Waals surface area contributed by atoms with Crippen LogP contribution in [0.4, 0.5) is 0 Å². The quantitative estimate of drug-likeness (QED) is 0.399. The van der Waals surface area contributed by atoms with Gasteiger partial charge in [0, 0.05) is 11.6 Å². The van der Waals surface area contributed by atoms with Crippen molar-refractivity contribution in [3.63, 3.8) is 0 Å². The Hall–Kier alpha value is -3.84. The fourth-order valence-electron chi connectivity index (χ4n) is 3.22. The SMILES string of the molecule is COc1cc(CNC(=O)Cc2ccccc2)ccc1OCc1cn(-c2ccc(Cl)cc2)nn1. The Balaban J connectivity index is 1.33. The molecule has 0 bridgehead atoms. The second-order valence-electron chi connectivity index (χ2n) is 7.34. The van der Waals surface area contributed by atoms with Gasteiger partial charge in [0.05, 0.1) is 25.4 Å². The highest BCUT2D eigenvalue weighted by atomic mass is 35.5. The van der Waals surface area contributed by atoms with Crippen molar-refractivity contribution >= 4 is 17.5 Å². The van der Waals surface area contributed by atoms with Crippen LogP contribution < -0.4 is 14.8 Å². The summed E-state index contributed by atoms with van der Waals surface area (Å²) in [7, 11) is 1.58. The molecule has 1 N–H and O–H groups in total. The minimum atomic E-state index is -0.0377. The second kappa shape index (κ2) is 10.7. The van der Waals surface area contributed by atoms with E-state index in [1.54, 1.807) is 30.1 Å². The minimum absolute atomic E-state index is 0.0377. The van der Waals surface area contributed by atoms with E-state index >= 15 is 0 Å². The Morgan fingerprint density at radius 2 is 1.79 bits per heavy atom. The average Bonchev–Trinajstić information content (AvgIpc) is 3.32. The second-order valence-corrected chi connectivity index (χ2v) is 7.78. The molecule has 3 aromatic carbocycles. The molecule has 168 valence electrons. The van der Waals surface area contributed by atoms with Crippen molar-refractivity contribution in [2.24, 2.45) is 0 Å². The summed E-state index contributed by atoms with van der Waals surface area (Å²) in [6.07, 6.45) is 2.14. The van der Waals surface area contributed by atoms with Gasteiger partial charge in [-0.2, -0.15) is 0 Å². The molecular weight excluding hydrogens is 440 g/mol. The molecule has 0 radical (unpaired) electrons. The maximum atomic E-state index is 12.2. The number of benzene rings is 3. The third kappa shape index (κ3) is 6.11. The maximum Gasteiger partial charge on any atom is 0.224 e. The lowest BCUT2D eigenvalue weighted by molar-refractivity contribution is -0.120. The monoisotopic (exact) mass is 462 g/mol. The Morgan fingerprint density at radius 1 is 1.00 bits per heavy atom. The topological polar surface area (TPSA) is 78.3 Å². The molecule has 1 amide bonds. The summed E-state index contributed by atoms with van der Waals surface area (Å²) in [5.74, 6) is 1.12. The summed E-state index contributed by atoms with van der Waals surface area (Å²) in [5.41, 5.74) is 3.41. The summed E-state index contributed by atoms with van der Waals surface area (Å²) in [4.78, 5) is 12.2. The van der Waals surface area contributed by atoms with Crippen LogP contribution in [0.2, 0.25) is 5.02 Å². The minimum Gasteiger partial charge on any atom is -0.493 e. The Kier molecular flexibility index (Phi) is 7.22. The Morgan fingerprint density at radius 3 is 2.55 bits per heavy atom. The number of rotatable bonds is 9. The van der Waals surface area contributed by atoms with Crippen molar-refractivity contribution in [3.8, 4) is 17.2 Å². The third-order valence-corrected chi connectivity index (χ3v) is 5.18. The first-order valence-electron chi connectivity index (χ1n) is 10.4. The summed E-state index contributed by atoms with van der Waals surface area (Å²) in [6, 6.07) is 22.5. The van der Waals surface area contributed by atoms with E-state index in [4.69, 9.17) is 21.1 Å². The average molecular weight is 463 g/mol. The van der Waals surface area contributed by atoms with E-state index in [0.29, 0.717) is 35.2 Å². The summed E-state index contributed by atoms with van der Waals surface area (Å²) in [5, 5.41) is 11.9. The molecule has 0 aliphatic carbocycles. The molecule has 0 aliphatic heterocycles. The van der Waals surface area contributed by atoms with Gasteiger partial charge in [0.2, 0.25) is 5.91 Å². The molecule has 1 heterocycles. The van der Waals surface area contributed by atoms with Crippen molar-refractivity contribution in [1.29, 1.82) is 0 Å². The largest absolute Gasteiger partial charge is 0.493 e. The number of nitrogens with zero attached hydrogens (tertiary/aromatic N) is 3. The molecule has 0 spiro atoms. The lowest BCUT2D eigenvalue weighted by Crippen LogP contribution is -2.24. The van der Waals surface area contributed by atoms with Crippen LogP contribution >= 0.6 is 11.6 Å². The fourth-order valence-corrected chi connectivity index (χ4v) is 3.35. The van der Waals surface area contributed by atoms with Gasteiger partial charge in [0.1, 0.15) is 12.3 Å². The third-order valence-electron chi connectivity index (χ3n) is 4.93. The number of amides is 1. The van der Waals surface area contributed by atoms with Gasteiger partial charge in [0.15, 0.2) is 11.5 Å². The number of carbonyl (C=O) groups excluding carboxylic acids is 1. The van der Waals surface area contributed by atoms with Gasteiger partial charge in [-0.1, -0.05) is 53.2 Å². The number of carbonyl (C=O) groups is 1. The van der Waals surface area contributed by atoms with Gasteiger partial charge < -0.3 is 14.8 Å². The van der Waals surface area contributed by atoms with Crippen LogP contribution in [0.25, 0.3) is 5.69 Å². The van der Waals surface area contributed by atoms with Gasteiger partial charge in [0.25, 0.3) is 0 Å². The predicted molar refractivity (Wildman–Crippen MR) is 126 cm³/mol. The molecule has 4 aromatic rings. The molecule has 33 heavy (non-hydrogen) atoms. The van der Waals surface area contributed by atoms with Crippen molar-refractivity contribution in [1.82, 2.24) is 20.3 Å². The van der Waals surface area contributed by atoms with Crippen molar-refractivity contribution in [3.05, 3.63) is 101 Å². The maximum absolute atomic E-state index is 12.2. The van der Waals surface area contributed by atoms with Crippen LogP contribution in [0.1, 0.15) is 16.8 Å². The van der Waals surface area contributed by atoms with E-state index in [2.05, 4.69) is 15.6 Å². The van der Waals surface area contributed by atoms with Gasteiger partial charge >= 0.3 is 0 Å². The van der Waals surface area contributed by atoms with Crippen LogP contribution in [0.3, 0.4) is 0 Å². The molecule has 0 saturated heterocycles. The zero-order chi connectivity index (χ0) is 23.0. The fraction of sp³-hybridized carbons (Fsp3) is 0.160. The van der Waals surface area contributed by atoms with Gasteiger partial charge in [-0.15, -0.1) is 5.10 Å². The molecule has 0 saturated carbocycles. The van der Waals surface area contributed by atoms with Gasteiger partial charge in [-0.3, -0.25) is 4.79 Å². The number of aromatic nitrogens is 3. The first-order chi connectivity index (χ1) is 16.1. The smallest absolute Gasteiger partial charge is 0.224 e. The highest BCUT2D eigenvalue weighted by molar-refractivity contribution is 6.30. The molecule has 4 rings (SSSR count). The summed E-state index contributed by atoms with van der Waals surface area (Å²) < 4.78 is 13.0. The van der Waals surface area contributed by atoms with Crippen LogP contribution in [0, 0.1) is 0 Å². The van der Waals surface area contributed by atoms with Crippen LogP contribution in [-0.4, -0.2) is 28.0 Å². The van der Waals surface area contributed by atoms with Crippen molar-refractivity contribution in [2.75, 3.05) is 7.11 Å². The number of ether oxygens (including phenoxy) is 2. The van der Waals surface area contributed by atoms with E-state index in [9.17, 15) is 4.79 Å². The zero-order valence-corrected chi connectivity index (χ0v) is 18.8. The van der Waals surface area contributed by atoms with Crippen molar-refractivity contribution < 1.29 is 14.3 Å². The van der Waals surface area contributed by atoms with E-state index in [1.165, 1.54) is 0 Å². The molecular formula is C25H23ClN4O3. The van der Waals surface area contributed by atoms with Gasteiger partial charge in [-0.25, -0.2) is 4.68 Å². The first-order valence-corrected chi connectivity index (χ1v) is 10.8. The highest BCUT2D eigenvalue weighted by Crippen LogP contribution is 2.28. The molecule has 0 fully saturated rings. The van der Waals surface area contributed by atoms with Crippen LogP contribution in [-0.2, 0) is 24.4 Å². The number of nitrogens with one attached hydrogen (secondary N) is 1. The van der Waals surface area contributed by atoms with Crippen LogP contribution in [0.5, 0.6) is 11.5 Å². The predicted octanol–water partition coefficient (Wildman–Crippen LogP) is 4.37. The lowest BCUT2D eigenvalue weighted by Gasteiger charge is -2.12. The number of hydrogen-bond acceptors (Lipinski definition) is 5. The molecule has 1 aromatic heterocycles. The molecule has 8 heteroatoms. The lowest BCUT2D eigenvalue weighted by atomic mass is 10.1.